The molecule has 0 bridgehead atoms. The van der Waals surface area contributed by atoms with E-state index >= 15 is 0 Å². The van der Waals surface area contributed by atoms with Gasteiger partial charge >= 0.3 is 6.03 Å². The number of anilines is 1. The summed E-state index contributed by atoms with van der Waals surface area (Å²) in [7, 11) is 5.34. The second-order valence-electron chi connectivity index (χ2n) is 9.09. The van der Waals surface area contributed by atoms with Crippen molar-refractivity contribution in [1.82, 2.24) is 9.80 Å². The zero-order chi connectivity index (χ0) is 25.5. The lowest BCUT2D eigenvalue weighted by molar-refractivity contribution is -0.122. The van der Waals surface area contributed by atoms with Crippen molar-refractivity contribution in [3.05, 3.63) is 87.6 Å². The minimum Gasteiger partial charge on any atom is -0.330 e. The molecule has 0 aliphatic heterocycles. The van der Waals surface area contributed by atoms with E-state index in [0.29, 0.717) is 17.8 Å². The van der Waals surface area contributed by atoms with Crippen LogP contribution in [0.15, 0.2) is 66.0 Å². The van der Waals surface area contributed by atoms with Gasteiger partial charge in [-0.2, -0.15) is 5.26 Å². The van der Waals surface area contributed by atoms with Crippen LogP contribution < -0.4 is 4.90 Å². The third-order valence-corrected chi connectivity index (χ3v) is 6.89. The molecule has 0 aliphatic carbocycles. The van der Waals surface area contributed by atoms with Gasteiger partial charge in [-0.15, -0.1) is 11.3 Å². The number of aryl methyl sites for hydroxylation is 1. The Kier molecular flexibility index (Phi) is 8.80. The van der Waals surface area contributed by atoms with Crippen LogP contribution in [-0.4, -0.2) is 49.4 Å². The van der Waals surface area contributed by atoms with Gasteiger partial charge in [-0.1, -0.05) is 37.3 Å². The van der Waals surface area contributed by atoms with Crippen molar-refractivity contribution in [3.8, 4) is 6.07 Å². The molecule has 2 aromatic carbocycles. The standard InChI is InChI=1S/C28H32N4O2S/c1-20-8-6-9-24(16-20)32(28(34)30(3)4)27(33)21(2)26(23-13-11-22(17-29)12-14-23)19-31(5)18-25-10-7-15-35-25/h6-16,21,26H,18-19H2,1-5H3/t21-,26+/m0/s1. The average Bonchev–Trinajstić information content (AvgIpc) is 3.35. The topological polar surface area (TPSA) is 67.6 Å². The van der Waals surface area contributed by atoms with Crippen molar-refractivity contribution >= 4 is 29.0 Å². The minimum absolute atomic E-state index is 0.178. The minimum atomic E-state index is -0.488. The molecular weight excluding hydrogens is 456 g/mol. The van der Waals surface area contributed by atoms with Crippen molar-refractivity contribution in [2.45, 2.75) is 26.3 Å². The fourth-order valence-corrected chi connectivity index (χ4v) is 4.88. The number of amides is 3. The van der Waals surface area contributed by atoms with E-state index in [1.54, 1.807) is 43.6 Å². The summed E-state index contributed by atoms with van der Waals surface area (Å²) in [5, 5.41) is 11.3. The summed E-state index contributed by atoms with van der Waals surface area (Å²) in [6.45, 7) is 5.21. The molecule has 182 valence electrons. The number of urea groups is 1. The molecule has 1 aromatic heterocycles. The Morgan fingerprint density at radius 3 is 2.31 bits per heavy atom. The SMILES string of the molecule is Cc1cccc(N(C(=O)[C@@H](C)[C@@H](CN(C)Cc2cccs2)c2ccc(C#N)cc2)C(=O)N(C)C)c1. The Labute approximate surface area is 212 Å². The first-order chi connectivity index (χ1) is 16.7. The Bertz CT molecular complexity index is 1180. The number of benzene rings is 2. The zero-order valence-electron chi connectivity index (χ0n) is 20.9. The molecule has 3 rings (SSSR count). The molecule has 3 amide bonds. The number of hydrogen-bond acceptors (Lipinski definition) is 5. The van der Waals surface area contributed by atoms with Crippen LogP contribution >= 0.6 is 11.3 Å². The highest BCUT2D eigenvalue weighted by atomic mass is 32.1. The van der Waals surface area contributed by atoms with Gasteiger partial charge < -0.3 is 9.80 Å². The van der Waals surface area contributed by atoms with Crippen molar-refractivity contribution < 1.29 is 9.59 Å². The van der Waals surface area contributed by atoms with Crippen LogP contribution in [-0.2, 0) is 11.3 Å². The van der Waals surface area contributed by atoms with Crippen LogP contribution in [0.3, 0.4) is 0 Å². The monoisotopic (exact) mass is 488 g/mol. The quantitative estimate of drug-likeness (QED) is 0.420. The van der Waals surface area contributed by atoms with Crippen LogP contribution in [0.4, 0.5) is 10.5 Å². The van der Waals surface area contributed by atoms with E-state index in [2.05, 4.69) is 22.4 Å². The maximum atomic E-state index is 13.9. The molecule has 6 nitrogen and oxygen atoms in total. The Balaban J connectivity index is 1.96. The van der Waals surface area contributed by atoms with Crippen molar-refractivity contribution in [2.75, 3.05) is 32.6 Å². The lowest BCUT2D eigenvalue weighted by atomic mass is 9.85. The van der Waals surface area contributed by atoms with Gasteiger partial charge in [-0.3, -0.25) is 4.79 Å². The van der Waals surface area contributed by atoms with Crippen molar-refractivity contribution in [2.24, 2.45) is 5.92 Å². The molecule has 0 fully saturated rings. The third-order valence-electron chi connectivity index (χ3n) is 6.03. The van der Waals surface area contributed by atoms with Crippen LogP contribution in [0.1, 0.15) is 34.4 Å². The molecule has 0 saturated heterocycles. The number of nitrogens with zero attached hydrogens (tertiary/aromatic N) is 4. The second-order valence-corrected chi connectivity index (χ2v) is 10.1. The summed E-state index contributed by atoms with van der Waals surface area (Å²) in [5.74, 6) is -0.922. The summed E-state index contributed by atoms with van der Waals surface area (Å²) >= 11 is 1.70. The smallest absolute Gasteiger partial charge is 0.330 e. The Morgan fingerprint density at radius 2 is 1.74 bits per heavy atom. The first-order valence-electron chi connectivity index (χ1n) is 11.5. The molecule has 0 saturated carbocycles. The molecule has 3 aromatic rings. The lowest BCUT2D eigenvalue weighted by Gasteiger charge is -2.32. The van der Waals surface area contributed by atoms with Gasteiger partial charge in [0.1, 0.15) is 0 Å². The maximum Gasteiger partial charge on any atom is 0.330 e. The fraction of sp³-hybridized carbons (Fsp3) is 0.321. The molecule has 1 heterocycles. The molecule has 0 N–H and O–H groups in total. The number of imide groups is 1. The second kappa shape index (κ2) is 11.8. The maximum absolute atomic E-state index is 13.9. The summed E-state index contributed by atoms with van der Waals surface area (Å²) < 4.78 is 0. The molecular formula is C28H32N4O2S. The highest BCUT2D eigenvalue weighted by Gasteiger charge is 2.34. The van der Waals surface area contributed by atoms with Crippen LogP contribution in [0.25, 0.3) is 0 Å². The van der Waals surface area contributed by atoms with E-state index in [0.717, 1.165) is 17.7 Å². The number of hydrogen-bond donors (Lipinski definition) is 0. The van der Waals surface area contributed by atoms with Gasteiger partial charge in [-0.25, -0.2) is 9.69 Å². The van der Waals surface area contributed by atoms with Crippen molar-refractivity contribution in [1.29, 1.82) is 5.26 Å². The van der Waals surface area contributed by atoms with E-state index in [1.165, 1.54) is 14.7 Å². The van der Waals surface area contributed by atoms with Crippen LogP contribution in [0.2, 0.25) is 0 Å². The van der Waals surface area contributed by atoms with Gasteiger partial charge in [0.05, 0.1) is 17.3 Å². The molecule has 0 spiro atoms. The number of nitriles is 1. The summed E-state index contributed by atoms with van der Waals surface area (Å²) in [5.41, 5.74) is 3.07. The van der Waals surface area contributed by atoms with Gasteiger partial charge in [0.15, 0.2) is 0 Å². The van der Waals surface area contributed by atoms with E-state index in [1.807, 2.05) is 57.3 Å². The average molecular weight is 489 g/mol. The Morgan fingerprint density at radius 1 is 1.03 bits per heavy atom. The number of likely N-dealkylation sites (N-methyl/N-ethyl adjacent to an activating group) is 1. The molecule has 7 heteroatoms. The fourth-order valence-electron chi connectivity index (χ4n) is 4.10. The first kappa shape index (κ1) is 26.1. The lowest BCUT2D eigenvalue weighted by Crippen LogP contribution is -2.47. The highest BCUT2D eigenvalue weighted by Crippen LogP contribution is 2.30. The van der Waals surface area contributed by atoms with Crippen molar-refractivity contribution in [3.63, 3.8) is 0 Å². The normalized spacial score (nSPS) is 12.6. The zero-order valence-corrected chi connectivity index (χ0v) is 21.7. The van der Waals surface area contributed by atoms with E-state index in [-0.39, 0.29) is 17.9 Å². The van der Waals surface area contributed by atoms with Gasteiger partial charge in [0.25, 0.3) is 0 Å². The van der Waals surface area contributed by atoms with Crippen LogP contribution in [0.5, 0.6) is 0 Å². The number of carbonyl (C=O) groups excluding carboxylic acids is 2. The van der Waals surface area contributed by atoms with E-state index in [4.69, 9.17) is 0 Å². The summed E-state index contributed by atoms with van der Waals surface area (Å²) in [6, 6.07) is 20.7. The highest BCUT2D eigenvalue weighted by molar-refractivity contribution is 7.09. The number of carbonyl (C=O) groups is 2. The summed E-state index contributed by atoms with van der Waals surface area (Å²) in [6.07, 6.45) is 0. The predicted octanol–water partition coefficient (Wildman–Crippen LogP) is 5.49. The molecule has 0 unspecified atom stereocenters. The number of thiophene rings is 1. The Hall–Kier alpha value is -3.47. The largest absolute Gasteiger partial charge is 0.330 e. The third kappa shape index (κ3) is 6.56. The first-order valence-corrected chi connectivity index (χ1v) is 12.4. The van der Waals surface area contributed by atoms with E-state index < -0.39 is 5.92 Å². The van der Waals surface area contributed by atoms with E-state index in [9.17, 15) is 14.9 Å². The van der Waals surface area contributed by atoms with Gasteiger partial charge in [-0.05, 0) is 60.8 Å². The number of rotatable bonds is 8. The molecule has 0 radical (unpaired) electrons. The summed E-state index contributed by atoms with van der Waals surface area (Å²) in [4.78, 5) is 33.3. The molecule has 35 heavy (non-hydrogen) atoms. The van der Waals surface area contributed by atoms with Crippen LogP contribution in [0, 0.1) is 24.2 Å². The van der Waals surface area contributed by atoms with Gasteiger partial charge in [0, 0.05) is 43.9 Å². The predicted molar refractivity (Wildman–Crippen MR) is 141 cm³/mol. The molecule has 2 atom stereocenters. The molecule has 0 aliphatic rings. The van der Waals surface area contributed by atoms with Gasteiger partial charge in [0.2, 0.25) is 5.91 Å².